The first-order valence-corrected chi connectivity index (χ1v) is 7.35. The molecule has 1 fully saturated rings. The van der Waals surface area contributed by atoms with Crippen LogP contribution < -0.4 is 5.73 Å². The fourth-order valence-electron chi connectivity index (χ4n) is 1.78. The van der Waals surface area contributed by atoms with Crippen LogP contribution in [-0.4, -0.2) is 49.3 Å². The van der Waals surface area contributed by atoms with Gasteiger partial charge in [0, 0.05) is 19.7 Å². The third-order valence-corrected chi connectivity index (χ3v) is 4.68. The van der Waals surface area contributed by atoms with E-state index in [0.29, 0.717) is 19.7 Å². The smallest absolute Gasteiger partial charge is 0.220 e. The molecule has 16 heavy (non-hydrogen) atoms. The molecule has 0 aromatic carbocycles. The Morgan fingerprint density at radius 2 is 2.06 bits per heavy atom. The van der Waals surface area contributed by atoms with Gasteiger partial charge in [0.1, 0.15) is 5.75 Å². The van der Waals surface area contributed by atoms with E-state index in [4.69, 9.17) is 10.5 Å². The Bertz CT molecular complexity index is 335. The molecule has 0 aliphatic carbocycles. The van der Waals surface area contributed by atoms with Crippen molar-refractivity contribution in [2.75, 3.05) is 25.4 Å². The van der Waals surface area contributed by atoms with Gasteiger partial charge in [-0.25, -0.2) is 12.7 Å². The van der Waals surface area contributed by atoms with E-state index in [1.165, 1.54) is 4.31 Å². The number of hydrogen-bond donors (Lipinski definition) is 1. The number of thiocarbonyl (C=S) groups is 1. The molecule has 1 saturated heterocycles. The summed E-state index contributed by atoms with van der Waals surface area (Å²) in [5, 5.41) is 0. The maximum atomic E-state index is 11.8. The van der Waals surface area contributed by atoms with E-state index in [1.54, 1.807) is 0 Å². The zero-order chi connectivity index (χ0) is 12.2. The van der Waals surface area contributed by atoms with Crippen molar-refractivity contribution in [2.45, 2.75) is 25.9 Å². The Kier molecular flexibility index (Phi) is 5.10. The topological polar surface area (TPSA) is 72.6 Å². The van der Waals surface area contributed by atoms with Crippen LogP contribution in [0, 0.1) is 0 Å². The van der Waals surface area contributed by atoms with Gasteiger partial charge >= 0.3 is 0 Å². The molecule has 5 nitrogen and oxygen atoms in total. The van der Waals surface area contributed by atoms with Crippen LogP contribution in [0.15, 0.2) is 0 Å². The van der Waals surface area contributed by atoms with E-state index in [1.807, 2.05) is 6.92 Å². The van der Waals surface area contributed by atoms with E-state index in [9.17, 15) is 8.42 Å². The molecule has 0 saturated carbocycles. The lowest BCUT2D eigenvalue weighted by atomic mass is 10.1. The van der Waals surface area contributed by atoms with E-state index in [-0.39, 0.29) is 16.8 Å². The predicted molar refractivity (Wildman–Crippen MR) is 66.8 cm³/mol. The quantitative estimate of drug-likeness (QED) is 0.715. The summed E-state index contributed by atoms with van der Waals surface area (Å²) in [6.07, 6.45) is 1.66. The number of hydrogen-bond acceptors (Lipinski definition) is 4. The summed E-state index contributed by atoms with van der Waals surface area (Å²) in [6.45, 7) is 3.60. The average Bonchev–Trinajstić information content (AvgIpc) is 2.17. The van der Waals surface area contributed by atoms with Crippen molar-refractivity contribution in [1.29, 1.82) is 0 Å². The fraction of sp³-hybridized carbons (Fsp3) is 0.889. The maximum absolute atomic E-state index is 11.8. The zero-order valence-corrected chi connectivity index (χ0v) is 11.0. The minimum Gasteiger partial charge on any atom is -0.392 e. The van der Waals surface area contributed by atoms with Crippen LogP contribution in [0.25, 0.3) is 0 Å². The number of sulfonamides is 1. The molecule has 1 aliphatic heterocycles. The first-order valence-electron chi connectivity index (χ1n) is 5.33. The van der Waals surface area contributed by atoms with Gasteiger partial charge in [-0.2, -0.15) is 0 Å². The lowest BCUT2D eigenvalue weighted by Crippen LogP contribution is -2.43. The molecule has 0 amide bonds. The lowest BCUT2D eigenvalue weighted by Gasteiger charge is -2.30. The lowest BCUT2D eigenvalue weighted by molar-refractivity contribution is 0.0291. The highest BCUT2D eigenvalue weighted by atomic mass is 32.2. The molecule has 1 aliphatic rings. The first-order chi connectivity index (χ1) is 7.45. The minimum atomic E-state index is -3.31. The number of piperidine rings is 1. The van der Waals surface area contributed by atoms with Gasteiger partial charge in [0.25, 0.3) is 0 Å². The second kappa shape index (κ2) is 5.90. The minimum absolute atomic E-state index is 0.0203. The number of rotatable bonds is 5. The predicted octanol–water partition coefficient (Wildman–Crippen LogP) is 0.103. The van der Waals surface area contributed by atoms with Gasteiger partial charge in [-0.15, -0.1) is 0 Å². The van der Waals surface area contributed by atoms with E-state index in [2.05, 4.69) is 12.2 Å². The number of nitrogens with two attached hydrogens (primary N) is 1. The molecule has 7 heteroatoms. The van der Waals surface area contributed by atoms with Crippen molar-refractivity contribution in [3.63, 3.8) is 0 Å². The average molecular weight is 266 g/mol. The van der Waals surface area contributed by atoms with Gasteiger partial charge in [-0.1, -0.05) is 12.2 Å². The molecule has 0 radical (unpaired) electrons. The highest BCUT2D eigenvalue weighted by molar-refractivity contribution is 7.92. The summed E-state index contributed by atoms with van der Waals surface area (Å²) in [5.41, 5.74) is 5.26. The Hall–Kier alpha value is -0.240. The largest absolute Gasteiger partial charge is 0.392 e. The van der Waals surface area contributed by atoms with E-state index < -0.39 is 10.0 Å². The fourth-order valence-corrected chi connectivity index (χ4v) is 3.54. The van der Waals surface area contributed by atoms with Crippen LogP contribution in [0.4, 0.5) is 0 Å². The van der Waals surface area contributed by atoms with Gasteiger partial charge in [0.05, 0.1) is 11.1 Å². The highest BCUT2D eigenvalue weighted by Crippen LogP contribution is 2.16. The van der Waals surface area contributed by atoms with Crippen molar-refractivity contribution in [1.82, 2.24) is 4.31 Å². The molecular formula is C9H18N2O3S2. The third kappa shape index (κ3) is 3.97. The van der Waals surface area contributed by atoms with Crippen molar-refractivity contribution < 1.29 is 13.2 Å². The van der Waals surface area contributed by atoms with Crippen LogP contribution in [-0.2, 0) is 14.8 Å². The molecule has 0 aromatic rings. The summed E-state index contributed by atoms with van der Waals surface area (Å²) in [4.78, 5) is 0.0203. The second-order valence-electron chi connectivity index (χ2n) is 3.78. The van der Waals surface area contributed by atoms with Crippen LogP contribution in [0.3, 0.4) is 0 Å². The Morgan fingerprint density at radius 1 is 1.50 bits per heavy atom. The van der Waals surface area contributed by atoms with Gasteiger partial charge in [0.15, 0.2) is 0 Å². The van der Waals surface area contributed by atoms with Gasteiger partial charge in [-0.05, 0) is 19.8 Å². The highest BCUT2D eigenvalue weighted by Gasteiger charge is 2.28. The molecule has 1 heterocycles. The van der Waals surface area contributed by atoms with Crippen LogP contribution in [0.2, 0.25) is 0 Å². The summed E-state index contributed by atoms with van der Waals surface area (Å²) in [5.74, 6) is -0.234. The standard InChI is InChI=1S/C9H18N2O3S2/c1-2-14-8-3-5-11(6-4-8)16(12,13)7-9(10)15/h8H,2-7H2,1H3,(H2,10,15). The summed E-state index contributed by atoms with van der Waals surface area (Å²) in [7, 11) is -3.31. The number of ether oxygens (including phenoxy) is 1. The van der Waals surface area contributed by atoms with E-state index in [0.717, 1.165) is 12.8 Å². The van der Waals surface area contributed by atoms with Gasteiger partial charge < -0.3 is 10.5 Å². The Morgan fingerprint density at radius 3 is 2.50 bits per heavy atom. The molecule has 0 atom stereocenters. The van der Waals surface area contributed by atoms with Crippen molar-refractivity contribution in [3.8, 4) is 0 Å². The molecular weight excluding hydrogens is 248 g/mol. The molecule has 0 aromatic heterocycles. The monoisotopic (exact) mass is 266 g/mol. The van der Waals surface area contributed by atoms with Gasteiger partial charge in [0.2, 0.25) is 10.0 Å². The third-order valence-electron chi connectivity index (χ3n) is 2.52. The van der Waals surface area contributed by atoms with Crippen LogP contribution in [0.1, 0.15) is 19.8 Å². The molecule has 0 bridgehead atoms. The van der Waals surface area contributed by atoms with E-state index >= 15 is 0 Å². The van der Waals surface area contributed by atoms with Crippen molar-refractivity contribution in [3.05, 3.63) is 0 Å². The van der Waals surface area contributed by atoms with Crippen molar-refractivity contribution in [2.24, 2.45) is 5.73 Å². The normalized spacial score (nSPS) is 19.8. The summed E-state index contributed by atoms with van der Waals surface area (Å²) >= 11 is 4.63. The first kappa shape index (κ1) is 13.8. The van der Waals surface area contributed by atoms with Crippen LogP contribution >= 0.6 is 12.2 Å². The van der Waals surface area contributed by atoms with Crippen molar-refractivity contribution >= 4 is 27.2 Å². The summed E-state index contributed by atoms with van der Waals surface area (Å²) < 4.78 is 30.5. The SMILES string of the molecule is CCOC1CCN(S(=O)(=O)CC(N)=S)CC1. The Balaban J connectivity index is 2.50. The van der Waals surface area contributed by atoms with Crippen LogP contribution in [0.5, 0.6) is 0 Å². The molecule has 94 valence electrons. The Labute approximate surface area is 102 Å². The molecule has 1 rings (SSSR count). The zero-order valence-electron chi connectivity index (χ0n) is 9.39. The molecule has 2 N–H and O–H groups in total. The molecule has 0 unspecified atom stereocenters. The summed E-state index contributed by atoms with van der Waals surface area (Å²) in [6, 6.07) is 0. The molecule has 0 spiro atoms. The number of nitrogens with zero attached hydrogens (tertiary/aromatic N) is 1. The second-order valence-corrected chi connectivity index (χ2v) is 6.27. The van der Waals surface area contributed by atoms with Gasteiger partial charge in [-0.3, -0.25) is 0 Å². The maximum Gasteiger partial charge on any atom is 0.220 e.